The van der Waals surface area contributed by atoms with Crippen LogP contribution in [0.5, 0.6) is 5.75 Å². The fraction of sp³-hybridized carbons (Fsp3) is 0.0333. The second-order valence-electron chi connectivity index (χ2n) is 8.69. The number of hydrogen-bond donors (Lipinski definition) is 0. The Balaban J connectivity index is 1.33. The van der Waals surface area contributed by atoms with E-state index in [0.29, 0.717) is 50.5 Å². The highest BCUT2D eigenvalue weighted by atomic mass is 127. The zero-order chi connectivity index (χ0) is 26.9. The number of aromatic nitrogens is 2. The summed E-state index contributed by atoms with van der Waals surface area (Å²) in [5.41, 5.74) is 2.69. The van der Waals surface area contributed by atoms with E-state index in [1.807, 2.05) is 60.7 Å². The summed E-state index contributed by atoms with van der Waals surface area (Å²) in [6, 6.07) is 27.8. The van der Waals surface area contributed by atoms with Crippen molar-refractivity contribution in [2.45, 2.75) is 6.61 Å². The molecule has 192 valence electrons. The van der Waals surface area contributed by atoms with E-state index in [4.69, 9.17) is 37.3 Å². The van der Waals surface area contributed by atoms with E-state index in [2.05, 4.69) is 27.7 Å². The monoisotopic (exact) mass is 665 g/mol. The molecular weight excluding hydrogens is 648 g/mol. The van der Waals surface area contributed by atoms with Gasteiger partial charge in [-0.3, -0.25) is 4.79 Å². The van der Waals surface area contributed by atoms with Crippen molar-refractivity contribution in [2.24, 2.45) is 5.10 Å². The summed E-state index contributed by atoms with van der Waals surface area (Å²) in [7, 11) is 0. The van der Waals surface area contributed by atoms with Crippen molar-refractivity contribution in [1.82, 2.24) is 9.66 Å². The van der Waals surface area contributed by atoms with Gasteiger partial charge in [-0.1, -0.05) is 59.6 Å². The van der Waals surface area contributed by atoms with Crippen molar-refractivity contribution in [3.05, 3.63) is 126 Å². The third-order valence-electron chi connectivity index (χ3n) is 6.06. The highest BCUT2D eigenvalue weighted by Crippen LogP contribution is 2.28. The molecule has 0 aliphatic heterocycles. The normalized spacial score (nSPS) is 11.6. The number of para-hydroxylation sites is 2. The molecule has 0 amide bonds. The number of nitrogens with zero attached hydrogens (tertiary/aromatic N) is 3. The van der Waals surface area contributed by atoms with E-state index in [1.165, 1.54) is 4.68 Å². The number of rotatable bonds is 6. The number of halogens is 3. The molecule has 6 nitrogen and oxygen atoms in total. The highest BCUT2D eigenvalue weighted by molar-refractivity contribution is 14.1. The first-order valence-electron chi connectivity index (χ1n) is 11.9. The zero-order valence-electron chi connectivity index (χ0n) is 20.1. The lowest BCUT2D eigenvalue weighted by Gasteiger charge is -2.10. The van der Waals surface area contributed by atoms with Crippen LogP contribution in [0.1, 0.15) is 11.1 Å². The number of fused-ring (bicyclic) bond motifs is 2. The van der Waals surface area contributed by atoms with Gasteiger partial charge in [-0.25, -0.2) is 4.98 Å². The van der Waals surface area contributed by atoms with Crippen LogP contribution in [-0.4, -0.2) is 15.9 Å². The molecule has 0 spiro atoms. The number of hydrogen-bond acceptors (Lipinski definition) is 5. The molecule has 0 aliphatic rings. The van der Waals surface area contributed by atoms with Gasteiger partial charge >= 0.3 is 0 Å². The maximum absolute atomic E-state index is 13.5. The van der Waals surface area contributed by atoms with Crippen LogP contribution in [0.3, 0.4) is 0 Å². The lowest BCUT2D eigenvalue weighted by atomic mass is 10.2. The summed E-state index contributed by atoms with van der Waals surface area (Å²) in [6.45, 7) is 0.347. The molecule has 4 aromatic carbocycles. The van der Waals surface area contributed by atoms with E-state index in [0.717, 1.165) is 20.1 Å². The molecule has 6 aromatic rings. The molecule has 0 aliphatic carbocycles. The van der Waals surface area contributed by atoms with Gasteiger partial charge in [0.2, 0.25) is 5.82 Å². The summed E-state index contributed by atoms with van der Waals surface area (Å²) in [5, 5.41) is 6.91. The molecule has 39 heavy (non-hydrogen) atoms. The predicted octanol–water partition coefficient (Wildman–Crippen LogP) is 8.18. The minimum atomic E-state index is -0.288. The van der Waals surface area contributed by atoms with Gasteiger partial charge in [0.15, 0.2) is 5.76 Å². The first kappa shape index (κ1) is 25.6. The summed E-state index contributed by atoms with van der Waals surface area (Å²) in [6.07, 6.45) is 1.62. The molecule has 6 rings (SSSR count). The zero-order valence-corrected chi connectivity index (χ0v) is 23.8. The van der Waals surface area contributed by atoms with Crippen molar-refractivity contribution in [3.8, 4) is 17.3 Å². The third-order valence-corrected chi connectivity index (χ3v) is 7.64. The first-order valence-corrected chi connectivity index (χ1v) is 13.7. The molecule has 2 aromatic heterocycles. The molecule has 0 saturated carbocycles. The molecule has 0 atom stereocenters. The Morgan fingerprint density at radius 1 is 0.949 bits per heavy atom. The van der Waals surface area contributed by atoms with Gasteiger partial charge in [-0.2, -0.15) is 9.78 Å². The summed E-state index contributed by atoms with van der Waals surface area (Å²) < 4.78 is 14.2. The Morgan fingerprint density at radius 3 is 2.59 bits per heavy atom. The van der Waals surface area contributed by atoms with E-state index >= 15 is 0 Å². The standard InChI is InChI=1S/C30H18Cl2IN3O3/c31-22-11-9-19(13-23(22)32)17-38-27-12-10-18(14-24(27)33)16-34-36-29(28-15-20-5-1-4-8-26(20)39-28)35-25-7-3-2-6-21(25)30(36)37/h1-16H,17H2. The van der Waals surface area contributed by atoms with Crippen molar-refractivity contribution < 1.29 is 9.15 Å². The van der Waals surface area contributed by atoms with Crippen LogP contribution < -0.4 is 10.3 Å². The lowest BCUT2D eigenvalue weighted by Crippen LogP contribution is -2.20. The summed E-state index contributed by atoms with van der Waals surface area (Å²) >= 11 is 14.3. The smallest absolute Gasteiger partial charge is 0.282 e. The van der Waals surface area contributed by atoms with Crippen LogP contribution in [0.4, 0.5) is 0 Å². The molecule has 2 heterocycles. The van der Waals surface area contributed by atoms with E-state index in [1.54, 1.807) is 36.5 Å². The van der Waals surface area contributed by atoms with Crippen molar-refractivity contribution >= 4 is 73.9 Å². The molecular formula is C30H18Cl2IN3O3. The van der Waals surface area contributed by atoms with Gasteiger partial charge in [0.05, 0.1) is 30.7 Å². The Kier molecular flexibility index (Phi) is 7.12. The highest BCUT2D eigenvalue weighted by Gasteiger charge is 2.16. The minimum absolute atomic E-state index is 0.288. The van der Waals surface area contributed by atoms with Crippen LogP contribution >= 0.6 is 45.8 Å². The van der Waals surface area contributed by atoms with Gasteiger partial charge in [-0.15, -0.1) is 0 Å². The molecule has 0 unspecified atom stereocenters. The third kappa shape index (κ3) is 5.30. The topological polar surface area (TPSA) is 69.6 Å². The van der Waals surface area contributed by atoms with E-state index in [-0.39, 0.29) is 5.56 Å². The van der Waals surface area contributed by atoms with Crippen molar-refractivity contribution in [1.29, 1.82) is 0 Å². The molecule has 9 heteroatoms. The van der Waals surface area contributed by atoms with Crippen molar-refractivity contribution in [3.63, 3.8) is 0 Å². The summed E-state index contributed by atoms with van der Waals surface area (Å²) in [4.78, 5) is 18.2. The van der Waals surface area contributed by atoms with Gasteiger partial charge in [0, 0.05) is 5.39 Å². The number of ether oxygens (including phenoxy) is 1. The Hall–Kier alpha value is -3.66. The second-order valence-corrected chi connectivity index (χ2v) is 10.7. The minimum Gasteiger partial charge on any atom is -0.488 e. The maximum atomic E-state index is 13.5. The second kappa shape index (κ2) is 10.8. The van der Waals surface area contributed by atoms with Gasteiger partial charge < -0.3 is 9.15 Å². The fourth-order valence-corrected chi connectivity index (χ4v) is 5.13. The fourth-order valence-electron chi connectivity index (χ4n) is 4.11. The summed E-state index contributed by atoms with van der Waals surface area (Å²) in [5.74, 6) is 1.49. The largest absolute Gasteiger partial charge is 0.488 e. The Bertz CT molecular complexity index is 1920. The quantitative estimate of drug-likeness (QED) is 0.133. The van der Waals surface area contributed by atoms with Crippen LogP contribution in [0.2, 0.25) is 10.0 Å². The van der Waals surface area contributed by atoms with Gasteiger partial charge in [0.25, 0.3) is 5.56 Å². The Morgan fingerprint density at radius 2 is 1.77 bits per heavy atom. The molecule has 0 bridgehead atoms. The number of benzene rings is 4. The Labute approximate surface area is 246 Å². The van der Waals surface area contributed by atoms with Crippen molar-refractivity contribution in [2.75, 3.05) is 0 Å². The first-order chi connectivity index (χ1) is 19.0. The molecule has 0 fully saturated rings. The number of furan rings is 1. The molecule has 0 radical (unpaired) electrons. The average molecular weight is 666 g/mol. The lowest BCUT2D eigenvalue weighted by molar-refractivity contribution is 0.304. The van der Waals surface area contributed by atoms with Crippen LogP contribution in [0, 0.1) is 3.57 Å². The van der Waals surface area contributed by atoms with Gasteiger partial charge in [-0.05, 0) is 88.3 Å². The maximum Gasteiger partial charge on any atom is 0.282 e. The van der Waals surface area contributed by atoms with E-state index in [9.17, 15) is 4.79 Å². The van der Waals surface area contributed by atoms with Crippen LogP contribution in [0.25, 0.3) is 33.5 Å². The molecule has 0 N–H and O–H groups in total. The predicted molar refractivity (Wildman–Crippen MR) is 164 cm³/mol. The van der Waals surface area contributed by atoms with Crippen LogP contribution in [0.15, 0.2) is 105 Å². The molecule has 0 saturated heterocycles. The SMILES string of the molecule is O=c1c2ccccc2nc(-c2cc3ccccc3o2)n1N=Cc1ccc(OCc2ccc(Cl)c(Cl)c2)c(I)c1. The van der Waals surface area contributed by atoms with E-state index < -0.39 is 0 Å². The van der Waals surface area contributed by atoms with Gasteiger partial charge in [0.1, 0.15) is 17.9 Å². The van der Waals surface area contributed by atoms with Crippen LogP contribution in [-0.2, 0) is 6.61 Å². The average Bonchev–Trinajstić information content (AvgIpc) is 3.38.